The van der Waals surface area contributed by atoms with E-state index in [9.17, 15) is 22.8 Å². The summed E-state index contributed by atoms with van der Waals surface area (Å²) in [7, 11) is -3.61. The highest BCUT2D eigenvalue weighted by molar-refractivity contribution is 7.92. The maximum Gasteiger partial charge on any atom is 0.348 e. The van der Waals surface area contributed by atoms with Crippen LogP contribution in [0, 0.1) is 0 Å². The molecule has 22 heavy (non-hydrogen) atoms. The third-order valence-electron chi connectivity index (χ3n) is 3.10. The van der Waals surface area contributed by atoms with Crippen LogP contribution in [0.5, 0.6) is 0 Å². The fourth-order valence-corrected chi connectivity index (χ4v) is 3.28. The second kappa shape index (κ2) is 6.27. The maximum absolute atomic E-state index is 12.0. The van der Waals surface area contributed by atoms with Gasteiger partial charge in [-0.05, 0) is 18.6 Å². The third kappa shape index (κ3) is 3.33. The highest BCUT2D eigenvalue weighted by atomic mass is 32.2. The van der Waals surface area contributed by atoms with E-state index < -0.39 is 33.4 Å². The Balaban J connectivity index is 2.05. The molecule has 0 spiro atoms. The zero-order chi connectivity index (χ0) is 16.3. The number of carbonyl (C=O) groups is 3. The van der Waals surface area contributed by atoms with Crippen molar-refractivity contribution in [1.29, 1.82) is 0 Å². The topological polar surface area (TPSA) is 97.8 Å². The Morgan fingerprint density at radius 3 is 2.18 bits per heavy atom. The molecule has 118 valence electrons. The molecule has 0 saturated carbocycles. The first-order valence-corrected chi connectivity index (χ1v) is 8.57. The average Bonchev–Trinajstić information content (AvgIpc) is 2.70. The van der Waals surface area contributed by atoms with Crippen LogP contribution in [0.15, 0.2) is 24.3 Å². The molecule has 0 bridgehead atoms. The fraction of sp³-hybridized carbons (Fsp3) is 0.357. The Hall–Kier alpha value is -2.22. The second-order valence-corrected chi connectivity index (χ2v) is 7.04. The standard InChI is InChI=1S/C14H15NO6S/c1-2-3-8-22(19,20)9-12(16)21-15-13(17)10-6-4-5-7-11(10)14(15)18/h4-7H,2-3,8-9H2,1H3. The summed E-state index contributed by atoms with van der Waals surface area (Å²) in [4.78, 5) is 40.2. The van der Waals surface area contributed by atoms with Crippen LogP contribution < -0.4 is 0 Å². The van der Waals surface area contributed by atoms with Gasteiger partial charge < -0.3 is 4.84 Å². The van der Waals surface area contributed by atoms with E-state index in [1.54, 1.807) is 12.1 Å². The van der Waals surface area contributed by atoms with Crippen molar-refractivity contribution in [3.05, 3.63) is 35.4 Å². The van der Waals surface area contributed by atoms with E-state index in [0.29, 0.717) is 17.9 Å². The van der Waals surface area contributed by atoms with E-state index in [1.807, 2.05) is 6.92 Å². The number of rotatable bonds is 6. The molecule has 1 aromatic carbocycles. The van der Waals surface area contributed by atoms with Crippen molar-refractivity contribution in [2.45, 2.75) is 19.8 Å². The molecule has 1 aliphatic rings. The molecule has 0 aromatic heterocycles. The zero-order valence-electron chi connectivity index (χ0n) is 11.9. The van der Waals surface area contributed by atoms with Crippen LogP contribution in [-0.2, 0) is 19.5 Å². The Morgan fingerprint density at radius 2 is 1.68 bits per heavy atom. The highest BCUT2D eigenvalue weighted by Gasteiger charge is 2.39. The zero-order valence-corrected chi connectivity index (χ0v) is 12.8. The number of sulfone groups is 1. The Morgan fingerprint density at radius 1 is 1.14 bits per heavy atom. The Bertz CT molecular complexity index is 690. The number of fused-ring (bicyclic) bond motifs is 1. The lowest BCUT2D eigenvalue weighted by atomic mass is 10.1. The molecule has 7 nitrogen and oxygen atoms in total. The van der Waals surface area contributed by atoms with Crippen molar-refractivity contribution in [2.24, 2.45) is 0 Å². The Labute approximate surface area is 127 Å². The molecule has 0 N–H and O–H groups in total. The molecule has 0 fully saturated rings. The number of imide groups is 1. The van der Waals surface area contributed by atoms with E-state index in [-0.39, 0.29) is 16.9 Å². The van der Waals surface area contributed by atoms with Crippen molar-refractivity contribution in [2.75, 3.05) is 11.5 Å². The van der Waals surface area contributed by atoms with Gasteiger partial charge >= 0.3 is 5.97 Å². The highest BCUT2D eigenvalue weighted by Crippen LogP contribution is 2.22. The minimum atomic E-state index is -3.61. The number of hydrogen-bond acceptors (Lipinski definition) is 6. The fourth-order valence-electron chi connectivity index (χ4n) is 1.99. The van der Waals surface area contributed by atoms with Gasteiger partial charge in [0, 0.05) is 0 Å². The van der Waals surface area contributed by atoms with Crippen molar-refractivity contribution in [3.8, 4) is 0 Å². The lowest BCUT2D eigenvalue weighted by molar-refractivity contribution is -0.165. The summed E-state index contributed by atoms with van der Waals surface area (Å²) in [6, 6.07) is 6.01. The summed E-state index contributed by atoms with van der Waals surface area (Å²) in [5, 5.41) is 0.308. The summed E-state index contributed by atoms with van der Waals surface area (Å²) in [5.74, 6) is -3.70. The molecule has 0 atom stereocenters. The minimum Gasteiger partial charge on any atom is -0.329 e. The predicted molar refractivity (Wildman–Crippen MR) is 76.6 cm³/mol. The van der Waals surface area contributed by atoms with E-state index in [0.717, 1.165) is 0 Å². The van der Waals surface area contributed by atoms with Crippen LogP contribution in [-0.4, -0.2) is 42.8 Å². The van der Waals surface area contributed by atoms with Crippen LogP contribution in [0.4, 0.5) is 0 Å². The van der Waals surface area contributed by atoms with Gasteiger partial charge in [0.25, 0.3) is 11.8 Å². The monoisotopic (exact) mass is 325 g/mol. The molecule has 0 radical (unpaired) electrons. The van der Waals surface area contributed by atoms with Gasteiger partial charge in [-0.1, -0.05) is 30.5 Å². The van der Waals surface area contributed by atoms with E-state index in [2.05, 4.69) is 4.84 Å². The van der Waals surface area contributed by atoms with Gasteiger partial charge in [0.05, 0.1) is 16.9 Å². The molecule has 1 aromatic rings. The molecule has 2 amide bonds. The number of amides is 2. The first-order valence-electron chi connectivity index (χ1n) is 6.74. The molecular weight excluding hydrogens is 310 g/mol. The molecular formula is C14H15NO6S. The summed E-state index contributed by atoms with van der Waals surface area (Å²) in [6.07, 6.45) is 1.11. The second-order valence-electron chi connectivity index (χ2n) is 4.86. The number of unbranched alkanes of at least 4 members (excludes halogenated alkanes) is 1. The molecule has 0 aliphatic carbocycles. The number of carbonyl (C=O) groups excluding carboxylic acids is 3. The van der Waals surface area contributed by atoms with Gasteiger partial charge in [-0.25, -0.2) is 13.2 Å². The lowest BCUT2D eigenvalue weighted by Crippen LogP contribution is -2.35. The van der Waals surface area contributed by atoms with Crippen LogP contribution in [0.2, 0.25) is 0 Å². The van der Waals surface area contributed by atoms with Crippen molar-refractivity contribution >= 4 is 27.6 Å². The maximum atomic E-state index is 12.0. The SMILES string of the molecule is CCCCS(=O)(=O)CC(=O)ON1C(=O)c2ccccc2C1=O. The number of benzene rings is 1. The summed E-state index contributed by atoms with van der Waals surface area (Å²) in [6.45, 7) is 1.83. The molecule has 1 aliphatic heterocycles. The van der Waals surface area contributed by atoms with Crippen LogP contribution >= 0.6 is 0 Å². The quantitative estimate of drug-likeness (QED) is 0.722. The lowest BCUT2D eigenvalue weighted by Gasteiger charge is -2.12. The molecule has 2 rings (SSSR count). The van der Waals surface area contributed by atoms with Gasteiger partial charge in [0.1, 0.15) is 0 Å². The van der Waals surface area contributed by atoms with Crippen molar-refractivity contribution < 1.29 is 27.6 Å². The van der Waals surface area contributed by atoms with Crippen LogP contribution in [0.1, 0.15) is 40.5 Å². The molecule has 0 unspecified atom stereocenters. The smallest absolute Gasteiger partial charge is 0.329 e. The normalized spacial score (nSPS) is 14.1. The van der Waals surface area contributed by atoms with E-state index >= 15 is 0 Å². The van der Waals surface area contributed by atoms with Gasteiger partial charge in [-0.2, -0.15) is 0 Å². The summed E-state index contributed by atoms with van der Waals surface area (Å²) >= 11 is 0. The number of hydrogen-bond donors (Lipinski definition) is 0. The first kappa shape index (κ1) is 16.2. The van der Waals surface area contributed by atoms with Crippen LogP contribution in [0.3, 0.4) is 0 Å². The summed E-state index contributed by atoms with van der Waals surface area (Å²) < 4.78 is 23.3. The Kier molecular flexibility index (Phi) is 4.60. The molecule has 0 saturated heterocycles. The molecule has 8 heteroatoms. The van der Waals surface area contributed by atoms with E-state index in [4.69, 9.17) is 0 Å². The van der Waals surface area contributed by atoms with Gasteiger partial charge in [-0.15, -0.1) is 0 Å². The average molecular weight is 325 g/mol. The summed E-state index contributed by atoms with van der Waals surface area (Å²) in [5.41, 5.74) is 0.239. The number of hydroxylamine groups is 2. The first-order chi connectivity index (χ1) is 10.4. The van der Waals surface area contributed by atoms with Crippen molar-refractivity contribution in [3.63, 3.8) is 0 Å². The number of nitrogens with zero attached hydrogens (tertiary/aromatic N) is 1. The minimum absolute atomic E-state index is 0.120. The van der Waals surface area contributed by atoms with Crippen LogP contribution in [0.25, 0.3) is 0 Å². The largest absolute Gasteiger partial charge is 0.348 e. The third-order valence-corrected chi connectivity index (χ3v) is 4.68. The van der Waals surface area contributed by atoms with E-state index in [1.165, 1.54) is 12.1 Å². The van der Waals surface area contributed by atoms with Crippen molar-refractivity contribution in [1.82, 2.24) is 5.06 Å². The predicted octanol–water partition coefficient (Wildman–Crippen LogP) is 0.956. The van der Waals surface area contributed by atoms with Gasteiger partial charge in [-0.3, -0.25) is 9.59 Å². The van der Waals surface area contributed by atoms with Gasteiger partial charge in [0.2, 0.25) is 0 Å². The molecule has 1 heterocycles. The van der Waals surface area contributed by atoms with Gasteiger partial charge in [0.15, 0.2) is 15.6 Å².